The van der Waals surface area contributed by atoms with E-state index in [4.69, 9.17) is 4.74 Å². The second-order valence-corrected chi connectivity index (χ2v) is 5.02. The third-order valence-corrected chi connectivity index (χ3v) is 3.40. The maximum absolute atomic E-state index is 5.89. The van der Waals surface area contributed by atoms with Crippen molar-refractivity contribution < 1.29 is 4.74 Å². The largest absolute Gasteiger partial charge is 0.487 e. The van der Waals surface area contributed by atoms with E-state index in [9.17, 15) is 0 Å². The van der Waals surface area contributed by atoms with Gasteiger partial charge in [0.05, 0.1) is 13.1 Å². The minimum atomic E-state index is 0.200. The van der Waals surface area contributed by atoms with Crippen LogP contribution in [0, 0.1) is 6.92 Å². The first-order valence-electron chi connectivity index (χ1n) is 6.90. The third-order valence-electron chi connectivity index (χ3n) is 3.40. The molecular weight excluding hydrogens is 252 g/mol. The molecule has 2 aromatic rings. The Kier molecular flexibility index (Phi) is 3.50. The molecule has 0 atom stereocenters. The Morgan fingerprint density at radius 3 is 2.65 bits per heavy atom. The van der Waals surface area contributed by atoms with Crippen LogP contribution >= 0.6 is 0 Å². The lowest BCUT2D eigenvalue weighted by molar-refractivity contribution is 0.166. The van der Waals surface area contributed by atoms with Gasteiger partial charge in [0.15, 0.2) is 0 Å². The van der Waals surface area contributed by atoms with Gasteiger partial charge < -0.3 is 9.64 Å². The second kappa shape index (κ2) is 5.45. The lowest BCUT2D eigenvalue weighted by Gasteiger charge is -2.38. The number of aromatic nitrogens is 3. The quantitative estimate of drug-likeness (QED) is 0.850. The van der Waals surface area contributed by atoms with Crippen molar-refractivity contribution in [1.82, 2.24) is 15.0 Å². The Balaban J connectivity index is 1.55. The Bertz CT molecular complexity index is 579. The summed E-state index contributed by atoms with van der Waals surface area (Å²) >= 11 is 0. The molecular formula is C15H18N4O. The highest BCUT2D eigenvalue weighted by molar-refractivity contribution is 5.35. The van der Waals surface area contributed by atoms with Crippen molar-refractivity contribution in [3.05, 3.63) is 42.0 Å². The van der Waals surface area contributed by atoms with Gasteiger partial charge in [-0.05, 0) is 25.0 Å². The van der Waals surface area contributed by atoms with Crippen LogP contribution in [0.2, 0.25) is 0 Å². The monoisotopic (exact) mass is 270 g/mol. The summed E-state index contributed by atoms with van der Waals surface area (Å²) in [6.45, 7) is 5.71. The predicted molar refractivity (Wildman–Crippen MR) is 77.0 cm³/mol. The summed E-state index contributed by atoms with van der Waals surface area (Å²) in [6.07, 6.45) is 6.72. The van der Waals surface area contributed by atoms with Gasteiger partial charge in [-0.2, -0.15) is 0 Å². The highest BCUT2D eigenvalue weighted by Crippen LogP contribution is 2.21. The molecule has 0 radical (unpaired) electrons. The van der Waals surface area contributed by atoms with Gasteiger partial charge in [0.25, 0.3) is 0 Å². The Labute approximate surface area is 118 Å². The molecule has 0 saturated carbocycles. The molecule has 20 heavy (non-hydrogen) atoms. The van der Waals surface area contributed by atoms with Crippen molar-refractivity contribution >= 4 is 5.95 Å². The number of ether oxygens (including phenoxy) is 1. The van der Waals surface area contributed by atoms with E-state index in [1.807, 2.05) is 31.5 Å². The lowest BCUT2D eigenvalue weighted by atomic mass is 10.2. The van der Waals surface area contributed by atoms with E-state index in [1.54, 1.807) is 6.20 Å². The van der Waals surface area contributed by atoms with Gasteiger partial charge in [-0.3, -0.25) is 4.98 Å². The molecule has 0 spiro atoms. The summed E-state index contributed by atoms with van der Waals surface area (Å²) < 4.78 is 5.89. The van der Waals surface area contributed by atoms with Crippen molar-refractivity contribution in [3.63, 3.8) is 0 Å². The van der Waals surface area contributed by atoms with Crippen molar-refractivity contribution in [2.75, 3.05) is 18.0 Å². The number of anilines is 1. The number of hydrogen-bond donors (Lipinski definition) is 0. The Hall–Kier alpha value is -2.17. The average molecular weight is 270 g/mol. The summed E-state index contributed by atoms with van der Waals surface area (Å²) in [7, 11) is 0. The van der Waals surface area contributed by atoms with E-state index >= 15 is 0 Å². The summed E-state index contributed by atoms with van der Waals surface area (Å²) in [5.41, 5.74) is 2.13. The van der Waals surface area contributed by atoms with Gasteiger partial charge in [0.1, 0.15) is 11.9 Å². The first-order chi connectivity index (χ1) is 9.74. The van der Waals surface area contributed by atoms with Crippen LogP contribution < -0.4 is 9.64 Å². The Morgan fingerprint density at radius 1 is 1.25 bits per heavy atom. The summed E-state index contributed by atoms with van der Waals surface area (Å²) in [5, 5.41) is 0. The molecule has 0 unspecified atom stereocenters. The van der Waals surface area contributed by atoms with Crippen LogP contribution in [0.25, 0.3) is 0 Å². The Morgan fingerprint density at radius 2 is 2.00 bits per heavy atom. The van der Waals surface area contributed by atoms with Gasteiger partial charge in [0, 0.05) is 30.4 Å². The molecule has 0 bridgehead atoms. The highest BCUT2D eigenvalue weighted by Gasteiger charge is 2.30. The minimum Gasteiger partial charge on any atom is -0.487 e. The molecule has 1 fully saturated rings. The topological polar surface area (TPSA) is 51.1 Å². The lowest BCUT2D eigenvalue weighted by Crippen LogP contribution is -2.54. The smallest absolute Gasteiger partial charge is 0.225 e. The second-order valence-electron chi connectivity index (χ2n) is 5.02. The van der Waals surface area contributed by atoms with Crippen LogP contribution in [0.4, 0.5) is 5.95 Å². The van der Waals surface area contributed by atoms with Gasteiger partial charge in [0.2, 0.25) is 5.95 Å². The van der Waals surface area contributed by atoms with E-state index < -0.39 is 0 Å². The number of aryl methyl sites for hydroxylation is 2. The van der Waals surface area contributed by atoms with E-state index in [0.717, 1.165) is 42.5 Å². The molecule has 5 nitrogen and oxygen atoms in total. The van der Waals surface area contributed by atoms with Crippen molar-refractivity contribution in [1.29, 1.82) is 0 Å². The molecule has 3 heterocycles. The van der Waals surface area contributed by atoms with Crippen LogP contribution in [0.5, 0.6) is 5.75 Å². The molecule has 0 aromatic carbocycles. The molecule has 1 aliphatic heterocycles. The van der Waals surface area contributed by atoms with Gasteiger partial charge in [-0.15, -0.1) is 0 Å². The molecule has 3 rings (SSSR count). The summed E-state index contributed by atoms with van der Waals surface area (Å²) in [5.74, 6) is 1.66. The molecule has 104 valence electrons. The summed E-state index contributed by atoms with van der Waals surface area (Å²) in [6, 6.07) is 3.84. The van der Waals surface area contributed by atoms with Gasteiger partial charge >= 0.3 is 0 Å². The fraction of sp³-hybridized carbons (Fsp3) is 0.400. The molecule has 0 amide bonds. The number of nitrogens with zero attached hydrogens (tertiary/aromatic N) is 4. The third kappa shape index (κ3) is 2.71. The van der Waals surface area contributed by atoms with Crippen LogP contribution in [0.3, 0.4) is 0 Å². The summed E-state index contributed by atoms with van der Waals surface area (Å²) in [4.78, 5) is 15.0. The van der Waals surface area contributed by atoms with E-state index in [1.165, 1.54) is 0 Å². The van der Waals surface area contributed by atoms with Gasteiger partial charge in [-0.25, -0.2) is 9.97 Å². The van der Waals surface area contributed by atoms with Crippen LogP contribution in [0.15, 0.2) is 30.7 Å². The van der Waals surface area contributed by atoms with Crippen molar-refractivity contribution in [2.24, 2.45) is 0 Å². The standard InChI is InChI=1S/C15H18N4O/c1-3-12-7-17-15(18-8-12)19-9-14(10-19)20-13-4-5-16-11(2)6-13/h4-8,14H,3,9-10H2,1-2H3. The van der Waals surface area contributed by atoms with Crippen LogP contribution in [-0.4, -0.2) is 34.1 Å². The molecule has 0 aliphatic carbocycles. The van der Waals surface area contributed by atoms with Gasteiger partial charge in [-0.1, -0.05) is 6.92 Å². The molecule has 0 N–H and O–H groups in total. The fourth-order valence-electron chi connectivity index (χ4n) is 2.16. The first kappa shape index (κ1) is 12.8. The van der Waals surface area contributed by atoms with Crippen LogP contribution in [-0.2, 0) is 6.42 Å². The molecule has 1 aliphatic rings. The average Bonchev–Trinajstić information content (AvgIpc) is 2.43. The number of pyridine rings is 1. The van der Waals surface area contributed by atoms with E-state index in [2.05, 4.69) is 26.8 Å². The molecule has 5 heteroatoms. The van der Waals surface area contributed by atoms with Crippen LogP contribution in [0.1, 0.15) is 18.2 Å². The van der Waals surface area contributed by atoms with E-state index in [0.29, 0.717) is 0 Å². The zero-order valence-electron chi connectivity index (χ0n) is 11.8. The first-order valence-corrected chi connectivity index (χ1v) is 6.90. The number of rotatable bonds is 4. The SMILES string of the molecule is CCc1cnc(N2CC(Oc3ccnc(C)c3)C2)nc1. The maximum atomic E-state index is 5.89. The van der Waals surface area contributed by atoms with Crippen molar-refractivity contribution in [2.45, 2.75) is 26.4 Å². The molecule has 2 aromatic heterocycles. The zero-order valence-corrected chi connectivity index (χ0v) is 11.8. The highest BCUT2D eigenvalue weighted by atomic mass is 16.5. The number of hydrogen-bond acceptors (Lipinski definition) is 5. The van der Waals surface area contributed by atoms with Crippen molar-refractivity contribution in [3.8, 4) is 5.75 Å². The minimum absolute atomic E-state index is 0.200. The maximum Gasteiger partial charge on any atom is 0.225 e. The zero-order chi connectivity index (χ0) is 13.9. The van der Waals surface area contributed by atoms with E-state index in [-0.39, 0.29) is 6.10 Å². The molecule has 1 saturated heterocycles. The normalized spacial score (nSPS) is 15.0. The fourth-order valence-corrected chi connectivity index (χ4v) is 2.16. The predicted octanol–water partition coefficient (Wildman–Crippen LogP) is 2.01.